The number of anilines is 1. The van der Waals surface area contributed by atoms with E-state index in [-0.39, 0.29) is 0 Å². The fraction of sp³-hybridized carbons (Fsp3) is 0.375. The summed E-state index contributed by atoms with van der Waals surface area (Å²) in [5, 5.41) is 9.92. The second kappa shape index (κ2) is 6.62. The van der Waals surface area contributed by atoms with E-state index in [2.05, 4.69) is 44.7 Å². The highest BCUT2D eigenvalue weighted by Crippen LogP contribution is 2.24. The zero-order valence-electron chi connectivity index (χ0n) is 12.6. The molecule has 1 aliphatic rings. The lowest BCUT2D eigenvalue weighted by molar-refractivity contribution is 0.167. The van der Waals surface area contributed by atoms with Crippen molar-refractivity contribution in [3.05, 3.63) is 47.2 Å². The number of ether oxygens (including phenoxy) is 1. The zero-order valence-corrected chi connectivity index (χ0v) is 12.6. The third kappa shape index (κ3) is 3.28. The second-order valence-corrected chi connectivity index (χ2v) is 5.32. The Morgan fingerprint density at radius 1 is 1.41 bits per heavy atom. The van der Waals surface area contributed by atoms with Gasteiger partial charge in [0.05, 0.1) is 12.3 Å². The molecule has 6 heteroatoms. The van der Waals surface area contributed by atoms with E-state index in [4.69, 9.17) is 4.74 Å². The smallest absolute Gasteiger partial charge is 0.412 e. The molecule has 0 fully saturated rings. The van der Waals surface area contributed by atoms with E-state index in [1.807, 2.05) is 6.07 Å². The molecule has 1 aliphatic heterocycles. The first-order chi connectivity index (χ1) is 10.8. The minimum absolute atomic E-state index is 0.350. The molecule has 0 atom stereocenters. The van der Waals surface area contributed by atoms with Gasteiger partial charge in [0.2, 0.25) is 0 Å². The average Bonchev–Trinajstić information content (AvgIpc) is 2.91. The van der Waals surface area contributed by atoms with Gasteiger partial charge in [-0.05, 0) is 18.9 Å². The Morgan fingerprint density at radius 2 is 2.23 bits per heavy atom. The number of amides is 1. The maximum absolute atomic E-state index is 11.5. The van der Waals surface area contributed by atoms with E-state index in [1.54, 1.807) is 6.92 Å². The van der Waals surface area contributed by atoms with Crippen LogP contribution in [0.4, 0.5) is 10.6 Å². The summed E-state index contributed by atoms with van der Waals surface area (Å²) < 4.78 is 4.89. The molecule has 0 saturated carbocycles. The number of nitrogens with zero attached hydrogens (tertiary/aromatic N) is 2. The van der Waals surface area contributed by atoms with Crippen LogP contribution in [0.2, 0.25) is 0 Å². The number of rotatable bonds is 4. The molecule has 1 amide bonds. The molecule has 22 heavy (non-hydrogen) atoms. The van der Waals surface area contributed by atoms with E-state index in [0.717, 1.165) is 37.3 Å². The molecular weight excluding hydrogens is 280 g/mol. The normalized spacial score (nSPS) is 14.4. The minimum Gasteiger partial charge on any atom is -0.450 e. The first-order valence-electron chi connectivity index (χ1n) is 7.52. The lowest BCUT2D eigenvalue weighted by Crippen LogP contribution is -2.30. The molecule has 0 spiro atoms. The zero-order chi connectivity index (χ0) is 15.4. The van der Waals surface area contributed by atoms with E-state index < -0.39 is 6.09 Å². The molecule has 116 valence electrons. The molecule has 1 aromatic heterocycles. The number of fused-ring (bicyclic) bond motifs is 1. The highest BCUT2D eigenvalue weighted by molar-refractivity contribution is 5.84. The van der Waals surface area contributed by atoms with Crippen LogP contribution in [0.3, 0.4) is 0 Å². The van der Waals surface area contributed by atoms with E-state index >= 15 is 0 Å². The van der Waals surface area contributed by atoms with Gasteiger partial charge in [-0.2, -0.15) is 5.10 Å². The van der Waals surface area contributed by atoms with Crippen LogP contribution in [0.5, 0.6) is 0 Å². The van der Waals surface area contributed by atoms with Crippen molar-refractivity contribution >= 4 is 11.9 Å². The van der Waals surface area contributed by atoms with Crippen molar-refractivity contribution in [2.75, 3.05) is 18.5 Å². The second-order valence-electron chi connectivity index (χ2n) is 5.32. The van der Waals surface area contributed by atoms with Crippen molar-refractivity contribution in [3.8, 4) is 0 Å². The molecule has 2 heterocycles. The number of aromatic amines is 1. The van der Waals surface area contributed by atoms with Crippen molar-refractivity contribution in [2.24, 2.45) is 0 Å². The highest BCUT2D eigenvalue weighted by Gasteiger charge is 2.22. The van der Waals surface area contributed by atoms with E-state index in [1.165, 1.54) is 5.56 Å². The summed E-state index contributed by atoms with van der Waals surface area (Å²) in [6.07, 6.45) is 0.406. The van der Waals surface area contributed by atoms with Crippen LogP contribution < -0.4 is 5.32 Å². The van der Waals surface area contributed by atoms with Gasteiger partial charge >= 0.3 is 6.09 Å². The SMILES string of the molecule is CCOC(=O)Nc1n[nH]c2c1CCN(Cc1ccccc1)C2. The topological polar surface area (TPSA) is 70.2 Å². The summed E-state index contributed by atoms with van der Waals surface area (Å²) in [5.74, 6) is 0.591. The first-order valence-corrected chi connectivity index (χ1v) is 7.52. The number of aromatic nitrogens is 2. The Balaban J connectivity index is 1.65. The van der Waals surface area contributed by atoms with Gasteiger partial charge in [-0.25, -0.2) is 4.79 Å². The van der Waals surface area contributed by atoms with Crippen molar-refractivity contribution < 1.29 is 9.53 Å². The maximum Gasteiger partial charge on any atom is 0.412 e. The Labute approximate surface area is 129 Å². The standard InChI is InChI=1S/C16H20N4O2/c1-2-22-16(21)17-15-13-8-9-20(11-14(13)18-19-15)10-12-6-4-3-5-7-12/h3-7H,2,8-11H2,1H3,(H2,17,18,19,21). The lowest BCUT2D eigenvalue weighted by Gasteiger charge is -2.26. The molecule has 1 aromatic carbocycles. The number of H-pyrrole nitrogens is 1. The molecule has 0 unspecified atom stereocenters. The Hall–Kier alpha value is -2.34. The number of hydrogen-bond acceptors (Lipinski definition) is 4. The van der Waals surface area contributed by atoms with Gasteiger partial charge in [0.15, 0.2) is 5.82 Å². The number of nitrogens with one attached hydrogen (secondary N) is 2. The lowest BCUT2D eigenvalue weighted by atomic mass is 10.1. The number of benzene rings is 1. The Bertz CT molecular complexity index is 639. The molecular formula is C16H20N4O2. The monoisotopic (exact) mass is 300 g/mol. The summed E-state index contributed by atoms with van der Waals surface area (Å²) in [4.78, 5) is 13.9. The average molecular weight is 300 g/mol. The Kier molecular flexibility index (Phi) is 4.39. The molecule has 2 N–H and O–H groups in total. The predicted molar refractivity (Wildman–Crippen MR) is 83.5 cm³/mol. The third-order valence-corrected chi connectivity index (χ3v) is 3.76. The van der Waals surface area contributed by atoms with Crippen molar-refractivity contribution in [3.63, 3.8) is 0 Å². The molecule has 6 nitrogen and oxygen atoms in total. The largest absolute Gasteiger partial charge is 0.450 e. The number of carbonyl (C=O) groups is 1. The van der Waals surface area contributed by atoms with Gasteiger partial charge in [-0.1, -0.05) is 30.3 Å². The molecule has 0 saturated heterocycles. The predicted octanol–water partition coefficient (Wildman–Crippen LogP) is 2.54. The van der Waals surface area contributed by atoms with E-state index in [0.29, 0.717) is 12.4 Å². The van der Waals surface area contributed by atoms with Crippen LogP contribution in [0.25, 0.3) is 0 Å². The van der Waals surface area contributed by atoms with Crippen LogP contribution in [-0.4, -0.2) is 34.3 Å². The third-order valence-electron chi connectivity index (χ3n) is 3.76. The van der Waals surface area contributed by atoms with Gasteiger partial charge in [0, 0.05) is 25.2 Å². The molecule has 0 bridgehead atoms. The van der Waals surface area contributed by atoms with Gasteiger partial charge < -0.3 is 4.74 Å². The van der Waals surface area contributed by atoms with Gasteiger partial charge in [-0.15, -0.1) is 0 Å². The summed E-state index contributed by atoms with van der Waals surface area (Å²) in [6.45, 7) is 4.80. The summed E-state index contributed by atoms with van der Waals surface area (Å²) in [5.41, 5.74) is 3.45. The summed E-state index contributed by atoms with van der Waals surface area (Å²) in [6, 6.07) is 10.4. The molecule has 3 rings (SSSR count). The van der Waals surface area contributed by atoms with Crippen molar-refractivity contribution in [2.45, 2.75) is 26.4 Å². The van der Waals surface area contributed by atoms with Crippen LogP contribution in [0.15, 0.2) is 30.3 Å². The van der Waals surface area contributed by atoms with Crippen LogP contribution >= 0.6 is 0 Å². The van der Waals surface area contributed by atoms with Gasteiger partial charge in [-0.3, -0.25) is 15.3 Å². The summed E-state index contributed by atoms with van der Waals surface area (Å²) in [7, 11) is 0. The quantitative estimate of drug-likeness (QED) is 0.910. The molecule has 0 aliphatic carbocycles. The van der Waals surface area contributed by atoms with E-state index in [9.17, 15) is 4.79 Å². The first kappa shape index (κ1) is 14.6. The fourth-order valence-electron chi connectivity index (χ4n) is 2.72. The molecule has 2 aromatic rings. The minimum atomic E-state index is -0.455. The number of carbonyl (C=O) groups excluding carboxylic acids is 1. The summed E-state index contributed by atoms with van der Waals surface area (Å²) >= 11 is 0. The van der Waals surface area contributed by atoms with Crippen molar-refractivity contribution in [1.82, 2.24) is 15.1 Å². The van der Waals surface area contributed by atoms with Crippen LogP contribution in [0.1, 0.15) is 23.7 Å². The maximum atomic E-state index is 11.5. The molecule has 0 radical (unpaired) electrons. The number of hydrogen-bond donors (Lipinski definition) is 2. The van der Waals surface area contributed by atoms with Gasteiger partial charge in [0.1, 0.15) is 0 Å². The van der Waals surface area contributed by atoms with Crippen LogP contribution in [0, 0.1) is 0 Å². The Morgan fingerprint density at radius 3 is 3.00 bits per heavy atom. The fourth-order valence-corrected chi connectivity index (χ4v) is 2.72. The van der Waals surface area contributed by atoms with Crippen LogP contribution in [-0.2, 0) is 24.2 Å². The van der Waals surface area contributed by atoms with Crippen molar-refractivity contribution in [1.29, 1.82) is 0 Å². The van der Waals surface area contributed by atoms with Gasteiger partial charge in [0.25, 0.3) is 0 Å². The highest BCUT2D eigenvalue weighted by atomic mass is 16.5.